The maximum atomic E-state index is 13.3. The minimum absolute atomic E-state index is 0.0379. The molecule has 1 unspecified atom stereocenters. The van der Waals surface area contributed by atoms with Crippen molar-refractivity contribution in [2.75, 3.05) is 19.7 Å². The first-order valence-electron chi connectivity index (χ1n) is 9.05. The van der Waals surface area contributed by atoms with Gasteiger partial charge in [-0.1, -0.05) is 42.5 Å². The van der Waals surface area contributed by atoms with E-state index in [0.717, 1.165) is 24.0 Å². The highest BCUT2D eigenvalue weighted by Crippen LogP contribution is 2.30. The number of hydrogen-bond donors (Lipinski definition) is 0. The Morgan fingerprint density at radius 2 is 1.69 bits per heavy atom. The Bertz CT molecular complexity index is 697. The molecule has 0 N–H and O–H groups in total. The molecule has 0 spiro atoms. The van der Waals surface area contributed by atoms with Gasteiger partial charge < -0.3 is 14.4 Å². The van der Waals surface area contributed by atoms with Crippen molar-refractivity contribution in [3.8, 4) is 0 Å². The van der Waals surface area contributed by atoms with Gasteiger partial charge in [-0.15, -0.1) is 0 Å². The summed E-state index contributed by atoms with van der Waals surface area (Å²) in [6.45, 7) is 3.43. The zero-order valence-electron chi connectivity index (χ0n) is 14.9. The van der Waals surface area contributed by atoms with Gasteiger partial charge in [-0.25, -0.2) is 9.18 Å². The second kappa shape index (κ2) is 8.81. The van der Waals surface area contributed by atoms with Crippen LogP contribution in [0.15, 0.2) is 54.6 Å². The molecule has 1 saturated heterocycles. The molecule has 3 rings (SSSR count). The average Bonchev–Trinajstić information content (AvgIpc) is 2.68. The van der Waals surface area contributed by atoms with Gasteiger partial charge in [0.15, 0.2) is 0 Å². The van der Waals surface area contributed by atoms with Gasteiger partial charge in [-0.3, -0.25) is 0 Å². The molecule has 26 heavy (non-hydrogen) atoms. The Morgan fingerprint density at radius 3 is 2.31 bits per heavy atom. The third kappa shape index (κ3) is 4.61. The van der Waals surface area contributed by atoms with Crippen LogP contribution in [0.3, 0.4) is 0 Å². The van der Waals surface area contributed by atoms with Crippen LogP contribution < -0.4 is 0 Å². The van der Waals surface area contributed by atoms with E-state index in [9.17, 15) is 9.18 Å². The first kappa shape index (κ1) is 18.4. The number of carbonyl (C=O) groups excluding carboxylic acids is 1. The van der Waals surface area contributed by atoms with Gasteiger partial charge in [0.05, 0.1) is 12.7 Å². The van der Waals surface area contributed by atoms with Gasteiger partial charge in [0.2, 0.25) is 0 Å². The molecule has 0 bridgehead atoms. The topological polar surface area (TPSA) is 38.8 Å². The third-order valence-corrected chi connectivity index (χ3v) is 4.57. The highest BCUT2D eigenvalue weighted by atomic mass is 19.1. The van der Waals surface area contributed by atoms with Crippen LogP contribution in [0.2, 0.25) is 0 Å². The first-order chi connectivity index (χ1) is 12.7. The second-order valence-corrected chi connectivity index (χ2v) is 6.36. The maximum absolute atomic E-state index is 13.3. The summed E-state index contributed by atoms with van der Waals surface area (Å²) in [6, 6.07) is 16.4. The first-order valence-corrected chi connectivity index (χ1v) is 9.05. The molecule has 1 heterocycles. The van der Waals surface area contributed by atoms with Gasteiger partial charge in [-0.2, -0.15) is 0 Å². The van der Waals surface area contributed by atoms with Crippen LogP contribution in [0.5, 0.6) is 0 Å². The molecule has 138 valence electrons. The molecular weight excluding hydrogens is 333 g/mol. The van der Waals surface area contributed by atoms with Crippen LogP contribution in [0.25, 0.3) is 0 Å². The largest absolute Gasteiger partial charge is 0.450 e. The quantitative estimate of drug-likeness (QED) is 0.788. The van der Waals surface area contributed by atoms with Crippen molar-refractivity contribution in [2.24, 2.45) is 0 Å². The number of halogens is 1. The van der Waals surface area contributed by atoms with Crippen molar-refractivity contribution in [3.63, 3.8) is 0 Å². The Morgan fingerprint density at radius 1 is 1.08 bits per heavy atom. The lowest BCUT2D eigenvalue weighted by Gasteiger charge is -2.33. The monoisotopic (exact) mass is 357 g/mol. The summed E-state index contributed by atoms with van der Waals surface area (Å²) in [5.41, 5.74) is 1.96. The van der Waals surface area contributed by atoms with Crippen LogP contribution in [0.1, 0.15) is 37.0 Å². The van der Waals surface area contributed by atoms with Gasteiger partial charge >= 0.3 is 6.09 Å². The van der Waals surface area contributed by atoms with E-state index in [1.807, 2.05) is 30.3 Å². The molecular formula is C21H24FNO3. The van der Waals surface area contributed by atoms with Crippen molar-refractivity contribution >= 4 is 6.09 Å². The Kier molecular flexibility index (Phi) is 6.23. The molecule has 0 aliphatic carbocycles. The van der Waals surface area contributed by atoms with E-state index in [2.05, 4.69) is 0 Å². The SMILES string of the molecule is CCOC(=O)N1CCC(OC(c2ccccc2)c2ccc(F)cc2)CC1. The fourth-order valence-corrected chi connectivity index (χ4v) is 3.20. The zero-order valence-corrected chi connectivity index (χ0v) is 14.9. The molecule has 2 aromatic carbocycles. The number of benzene rings is 2. The van der Waals surface area contributed by atoms with E-state index in [1.165, 1.54) is 12.1 Å². The maximum Gasteiger partial charge on any atom is 0.409 e. The average molecular weight is 357 g/mol. The number of nitrogens with zero attached hydrogens (tertiary/aromatic N) is 1. The van der Waals surface area contributed by atoms with E-state index in [1.54, 1.807) is 24.0 Å². The number of ether oxygens (including phenoxy) is 2. The van der Waals surface area contributed by atoms with Crippen LogP contribution in [0, 0.1) is 5.82 Å². The molecule has 0 saturated carbocycles. The number of likely N-dealkylation sites (tertiary alicyclic amines) is 1. The summed E-state index contributed by atoms with van der Waals surface area (Å²) in [4.78, 5) is 13.6. The van der Waals surface area contributed by atoms with Crippen molar-refractivity contribution in [1.29, 1.82) is 0 Å². The highest BCUT2D eigenvalue weighted by molar-refractivity contribution is 5.67. The molecule has 2 aromatic rings. The summed E-state index contributed by atoms with van der Waals surface area (Å²) in [7, 11) is 0. The summed E-state index contributed by atoms with van der Waals surface area (Å²) in [5.74, 6) is -0.261. The fraction of sp³-hybridized carbons (Fsp3) is 0.381. The predicted molar refractivity (Wildman–Crippen MR) is 97.4 cm³/mol. The van der Waals surface area contributed by atoms with Crippen LogP contribution in [0.4, 0.5) is 9.18 Å². The van der Waals surface area contributed by atoms with Gasteiger partial charge in [-0.05, 0) is 43.0 Å². The Labute approximate surface area is 153 Å². The van der Waals surface area contributed by atoms with Crippen LogP contribution in [-0.2, 0) is 9.47 Å². The standard InChI is InChI=1S/C21H24FNO3/c1-2-25-21(24)23-14-12-19(13-15-23)26-20(16-6-4-3-5-7-16)17-8-10-18(22)11-9-17/h3-11,19-20H,2,12-15H2,1H3. The van der Waals surface area contributed by atoms with Crippen molar-refractivity contribution in [3.05, 3.63) is 71.5 Å². The van der Waals surface area contributed by atoms with E-state index in [0.29, 0.717) is 19.7 Å². The highest BCUT2D eigenvalue weighted by Gasteiger charge is 2.27. The van der Waals surface area contributed by atoms with Crippen LogP contribution >= 0.6 is 0 Å². The molecule has 1 atom stereocenters. The van der Waals surface area contributed by atoms with Crippen molar-refractivity contribution in [2.45, 2.75) is 32.0 Å². The normalized spacial score (nSPS) is 16.3. The molecule has 5 heteroatoms. The smallest absolute Gasteiger partial charge is 0.409 e. The van der Waals surface area contributed by atoms with Gasteiger partial charge in [0.25, 0.3) is 0 Å². The predicted octanol–water partition coefficient (Wildman–Crippen LogP) is 4.55. The lowest BCUT2D eigenvalue weighted by atomic mass is 10.00. The summed E-state index contributed by atoms with van der Waals surface area (Å²) in [5, 5.41) is 0. The lowest BCUT2D eigenvalue weighted by molar-refractivity contribution is -0.0260. The molecule has 0 aromatic heterocycles. The minimum atomic E-state index is -0.261. The van der Waals surface area contributed by atoms with Crippen molar-refractivity contribution < 1.29 is 18.7 Å². The van der Waals surface area contributed by atoms with E-state index >= 15 is 0 Å². The van der Waals surface area contributed by atoms with Gasteiger partial charge in [0.1, 0.15) is 11.9 Å². The third-order valence-electron chi connectivity index (χ3n) is 4.57. The minimum Gasteiger partial charge on any atom is -0.450 e. The molecule has 1 fully saturated rings. The van der Waals surface area contributed by atoms with Crippen LogP contribution in [-0.4, -0.2) is 36.8 Å². The van der Waals surface area contributed by atoms with Gasteiger partial charge in [0, 0.05) is 13.1 Å². The molecule has 1 amide bonds. The lowest BCUT2D eigenvalue weighted by Crippen LogP contribution is -2.41. The van der Waals surface area contributed by atoms with E-state index in [4.69, 9.17) is 9.47 Å². The Balaban J connectivity index is 1.69. The van der Waals surface area contributed by atoms with E-state index < -0.39 is 0 Å². The number of hydrogen-bond acceptors (Lipinski definition) is 3. The number of carbonyl (C=O) groups is 1. The molecule has 1 aliphatic rings. The second-order valence-electron chi connectivity index (χ2n) is 6.36. The molecule has 0 radical (unpaired) electrons. The van der Waals surface area contributed by atoms with Crippen molar-refractivity contribution in [1.82, 2.24) is 4.90 Å². The summed E-state index contributed by atoms with van der Waals surface area (Å²) < 4.78 is 24.8. The summed E-state index contributed by atoms with van der Waals surface area (Å²) >= 11 is 0. The fourth-order valence-electron chi connectivity index (χ4n) is 3.20. The zero-order chi connectivity index (χ0) is 18.4. The number of amides is 1. The van der Waals surface area contributed by atoms with E-state index in [-0.39, 0.29) is 24.1 Å². The number of rotatable bonds is 5. The molecule has 1 aliphatic heterocycles. The molecule has 4 nitrogen and oxygen atoms in total. The summed E-state index contributed by atoms with van der Waals surface area (Å²) in [6.07, 6.45) is 1.03. The number of piperidine rings is 1. The Hall–Kier alpha value is -2.40.